The fourth-order valence-corrected chi connectivity index (χ4v) is 2.16. The van der Waals surface area contributed by atoms with Crippen LogP contribution in [-0.4, -0.2) is 22.5 Å². The number of ether oxygens (including phenoxy) is 1. The van der Waals surface area contributed by atoms with E-state index in [1.165, 1.54) is 30.3 Å². The van der Waals surface area contributed by atoms with Gasteiger partial charge in [-0.2, -0.15) is 0 Å². The van der Waals surface area contributed by atoms with Gasteiger partial charge < -0.3 is 14.9 Å². The van der Waals surface area contributed by atoms with Crippen LogP contribution in [0.5, 0.6) is 5.75 Å². The average molecular weight is 347 g/mol. The molecule has 0 saturated carbocycles. The van der Waals surface area contributed by atoms with Crippen LogP contribution in [0.3, 0.4) is 0 Å². The molecule has 0 radical (unpaired) electrons. The number of rotatable bonds is 4. The van der Waals surface area contributed by atoms with E-state index in [0.717, 1.165) is 12.1 Å². The summed E-state index contributed by atoms with van der Waals surface area (Å²) in [5.74, 6) is -1.89. The fraction of sp³-hybridized carbons (Fsp3) is 0.133. The Morgan fingerprint density at radius 3 is 2.48 bits per heavy atom. The number of carbonyl (C=O) groups is 1. The van der Waals surface area contributed by atoms with E-state index in [9.17, 15) is 23.1 Å². The number of hydrogen-bond donors (Lipinski definition) is 2. The normalized spacial score (nSPS) is 12.7. The molecular formula is C15H10ClF3O4. The van der Waals surface area contributed by atoms with Gasteiger partial charge in [0.1, 0.15) is 5.75 Å². The SMILES string of the molecule is O=C(O)C(O)c1ccc(Cl)c(-c2cccc(OC(F)(F)F)c2)c1. The molecule has 0 heterocycles. The number of halogens is 4. The van der Waals surface area contributed by atoms with Gasteiger partial charge in [0.25, 0.3) is 0 Å². The molecule has 2 rings (SSSR count). The number of alkyl halides is 3. The third-order valence-electron chi connectivity index (χ3n) is 2.92. The molecule has 2 N–H and O–H groups in total. The number of hydrogen-bond acceptors (Lipinski definition) is 3. The van der Waals surface area contributed by atoms with Gasteiger partial charge in [-0.05, 0) is 35.4 Å². The molecule has 23 heavy (non-hydrogen) atoms. The second-order valence-electron chi connectivity index (χ2n) is 4.56. The first-order valence-electron chi connectivity index (χ1n) is 6.24. The number of carboxylic acid groups (broad SMARTS) is 1. The molecule has 0 aliphatic heterocycles. The van der Waals surface area contributed by atoms with E-state index in [0.29, 0.717) is 0 Å². The topological polar surface area (TPSA) is 66.8 Å². The zero-order valence-electron chi connectivity index (χ0n) is 11.3. The van der Waals surface area contributed by atoms with Crippen LogP contribution in [0.1, 0.15) is 11.7 Å². The Labute approximate surface area is 133 Å². The van der Waals surface area contributed by atoms with E-state index in [-0.39, 0.29) is 21.7 Å². The lowest BCUT2D eigenvalue weighted by Gasteiger charge is -2.13. The molecule has 0 aliphatic rings. The molecule has 1 unspecified atom stereocenters. The molecule has 2 aromatic rings. The summed E-state index contributed by atoms with van der Waals surface area (Å²) in [5.41, 5.74) is 0.618. The van der Waals surface area contributed by atoms with Crippen molar-refractivity contribution < 1.29 is 32.9 Å². The minimum Gasteiger partial charge on any atom is -0.479 e. The molecule has 1 atom stereocenters. The van der Waals surface area contributed by atoms with Crippen molar-refractivity contribution in [1.29, 1.82) is 0 Å². The first-order valence-corrected chi connectivity index (χ1v) is 6.61. The Hall–Kier alpha value is -2.25. The van der Waals surface area contributed by atoms with E-state index < -0.39 is 24.2 Å². The molecule has 0 spiro atoms. The molecule has 0 saturated heterocycles. The molecular weight excluding hydrogens is 337 g/mol. The predicted octanol–water partition coefficient (Wildman–Crippen LogP) is 4.02. The average Bonchev–Trinajstić information content (AvgIpc) is 2.45. The third kappa shape index (κ3) is 4.37. The quantitative estimate of drug-likeness (QED) is 0.877. The molecule has 0 fully saturated rings. The van der Waals surface area contributed by atoms with Crippen LogP contribution in [0.25, 0.3) is 11.1 Å². The lowest BCUT2D eigenvalue weighted by atomic mass is 10.0. The van der Waals surface area contributed by atoms with Gasteiger partial charge in [-0.25, -0.2) is 4.79 Å². The Balaban J connectivity index is 2.43. The largest absolute Gasteiger partial charge is 0.573 e. The molecule has 2 aromatic carbocycles. The van der Waals surface area contributed by atoms with Crippen molar-refractivity contribution in [1.82, 2.24) is 0 Å². The van der Waals surface area contributed by atoms with E-state index in [4.69, 9.17) is 16.7 Å². The van der Waals surface area contributed by atoms with Crippen LogP contribution in [-0.2, 0) is 4.79 Å². The van der Waals surface area contributed by atoms with E-state index in [2.05, 4.69) is 4.74 Å². The molecule has 8 heteroatoms. The van der Waals surface area contributed by atoms with Crippen molar-refractivity contribution in [3.05, 3.63) is 53.1 Å². The van der Waals surface area contributed by atoms with Crippen molar-refractivity contribution >= 4 is 17.6 Å². The number of aliphatic hydroxyl groups excluding tert-OH is 1. The Kier molecular flexibility index (Phi) is 4.82. The van der Waals surface area contributed by atoms with E-state index in [1.807, 2.05) is 0 Å². The smallest absolute Gasteiger partial charge is 0.479 e. The van der Waals surface area contributed by atoms with E-state index >= 15 is 0 Å². The van der Waals surface area contributed by atoms with Gasteiger partial charge >= 0.3 is 12.3 Å². The minimum atomic E-state index is -4.83. The van der Waals surface area contributed by atoms with Crippen molar-refractivity contribution in [2.75, 3.05) is 0 Å². The maximum absolute atomic E-state index is 12.3. The molecule has 0 aliphatic carbocycles. The van der Waals surface area contributed by atoms with Crippen LogP contribution < -0.4 is 4.74 Å². The Morgan fingerprint density at radius 1 is 1.17 bits per heavy atom. The van der Waals surface area contributed by atoms with E-state index in [1.54, 1.807) is 0 Å². The van der Waals surface area contributed by atoms with Gasteiger partial charge in [0.05, 0.1) is 0 Å². The summed E-state index contributed by atoms with van der Waals surface area (Å²) in [6.45, 7) is 0. The molecule has 4 nitrogen and oxygen atoms in total. The first kappa shape index (κ1) is 17.1. The van der Waals surface area contributed by atoms with Crippen LogP contribution in [0.4, 0.5) is 13.2 Å². The highest BCUT2D eigenvalue weighted by Crippen LogP contribution is 2.33. The second-order valence-corrected chi connectivity index (χ2v) is 4.96. The summed E-state index contributed by atoms with van der Waals surface area (Å²) in [7, 11) is 0. The summed E-state index contributed by atoms with van der Waals surface area (Å²) >= 11 is 6.01. The second kappa shape index (κ2) is 6.47. The standard InChI is InChI=1S/C15H10ClF3O4/c16-12-5-4-9(13(20)14(21)22)7-11(12)8-2-1-3-10(6-8)23-15(17,18)19/h1-7,13,20H,(H,21,22). The zero-order chi connectivity index (χ0) is 17.2. The van der Waals surface area contributed by atoms with Gasteiger partial charge in [-0.3, -0.25) is 0 Å². The maximum atomic E-state index is 12.3. The minimum absolute atomic E-state index is 0.0547. The number of benzene rings is 2. The first-order chi connectivity index (χ1) is 10.7. The monoisotopic (exact) mass is 346 g/mol. The number of aliphatic carboxylic acids is 1. The van der Waals surface area contributed by atoms with Gasteiger partial charge in [-0.15, -0.1) is 13.2 Å². The van der Waals surface area contributed by atoms with Gasteiger partial charge in [-0.1, -0.05) is 29.8 Å². The number of aliphatic hydroxyl groups is 1. The Morgan fingerprint density at radius 2 is 1.87 bits per heavy atom. The van der Waals surface area contributed by atoms with Crippen molar-refractivity contribution in [2.45, 2.75) is 12.5 Å². The summed E-state index contributed by atoms with van der Waals surface area (Å²) in [5, 5.41) is 18.6. The van der Waals surface area contributed by atoms with Gasteiger partial charge in [0, 0.05) is 10.6 Å². The summed E-state index contributed by atoms with van der Waals surface area (Å²) in [6.07, 6.45) is -6.59. The highest BCUT2D eigenvalue weighted by Gasteiger charge is 2.31. The predicted molar refractivity (Wildman–Crippen MR) is 76.2 cm³/mol. The summed E-state index contributed by atoms with van der Waals surface area (Å²) in [4.78, 5) is 10.8. The van der Waals surface area contributed by atoms with Crippen LogP contribution in [0.2, 0.25) is 5.02 Å². The molecule has 0 aromatic heterocycles. The lowest BCUT2D eigenvalue weighted by Crippen LogP contribution is -2.17. The van der Waals surface area contributed by atoms with Crippen molar-refractivity contribution in [3.63, 3.8) is 0 Å². The lowest BCUT2D eigenvalue weighted by molar-refractivity contribution is -0.274. The highest BCUT2D eigenvalue weighted by molar-refractivity contribution is 6.33. The van der Waals surface area contributed by atoms with Crippen molar-refractivity contribution in [3.8, 4) is 16.9 Å². The van der Waals surface area contributed by atoms with Crippen LogP contribution in [0, 0.1) is 0 Å². The Bertz CT molecular complexity index is 731. The molecule has 0 amide bonds. The van der Waals surface area contributed by atoms with Crippen LogP contribution in [0.15, 0.2) is 42.5 Å². The van der Waals surface area contributed by atoms with Crippen LogP contribution >= 0.6 is 11.6 Å². The van der Waals surface area contributed by atoms with Gasteiger partial charge in [0.15, 0.2) is 6.10 Å². The molecule has 122 valence electrons. The summed E-state index contributed by atoms with van der Waals surface area (Å²) < 4.78 is 40.6. The molecule has 0 bridgehead atoms. The fourth-order valence-electron chi connectivity index (χ4n) is 1.94. The van der Waals surface area contributed by atoms with Gasteiger partial charge in [0.2, 0.25) is 0 Å². The number of carboxylic acids is 1. The maximum Gasteiger partial charge on any atom is 0.573 e. The zero-order valence-corrected chi connectivity index (χ0v) is 12.1. The third-order valence-corrected chi connectivity index (χ3v) is 3.25. The highest BCUT2D eigenvalue weighted by atomic mass is 35.5. The van der Waals surface area contributed by atoms with Crippen molar-refractivity contribution in [2.24, 2.45) is 0 Å². The summed E-state index contributed by atoms with van der Waals surface area (Å²) in [6, 6.07) is 9.05.